The SMILES string of the molecule is COc1cccc(N(C)C(=S)Oc2ccc(Cl)c(C)c2)n1. The third-order valence-corrected chi connectivity index (χ3v) is 3.65. The van der Waals surface area contributed by atoms with Gasteiger partial charge in [-0.2, -0.15) is 4.98 Å². The monoisotopic (exact) mass is 322 g/mol. The topological polar surface area (TPSA) is 34.6 Å². The Balaban J connectivity index is 2.13. The number of rotatable bonds is 3. The van der Waals surface area contributed by atoms with Crippen LogP contribution in [0.2, 0.25) is 5.02 Å². The molecular formula is C15H15ClN2O2S. The van der Waals surface area contributed by atoms with E-state index in [2.05, 4.69) is 4.98 Å². The van der Waals surface area contributed by atoms with Crippen LogP contribution >= 0.6 is 23.8 Å². The lowest BCUT2D eigenvalue weighted by Gasteiger charge is -2.19. The first-order valence-electron chi connectivity index (χ1n) is 6.24. The van der Waals surface area contributed by atoms with Gasteiger partial charge in [-0.3, -0.25) is 4.90 Å². The molecule has 4 nitrogen and oxygen atoms in total. The van der Waals surface area contributed by atoms with Gasteiger partial charge in [-0.1, -0.05) is 17.7 Å². The zero-order valence-electron chi connectivity index (χ0n) is 12.0. The van der Waals surface area contributed by atoms with Crippen molar-refractivity contribution in [2.45, 2.75) is 6.92 Å². The van der Waals surface area contributed by atoms with Crippen LogP contribution in [0.5, 0.6) is 11.6 Å². The van der Waals surface area contributed by atoms with E-state index in [-0.39, 0.29) is 5.17 Å². The molecule has 0 radical (unpaired) electrons. The second-order valence-corrected chi connectivity index (χ2v) is 5.13. The molecule has 2 aromatic rings. The number of anilines is 1. The molecule has 0 N–H and O–H groups in total. The van der Waals surface area contributed by atoms with Crippen molar-refractivity contribution < 1.29 is 9.47 Å². The third kappa shape index (κ3) is 3.83. The molecule has 0 aliphatic carbocycles. The minimum absolute atomic E-state index is 0.289. The summed E-state index contributed by atoms with van der Waals surface area (Å²) in [6.45, 7) is 1.91. The fraction of sp³-hybridized carbons (Fsp3) is 0.200. The zero-order valence-corrected chi connectivity index (χ0v) is 13.5. The second-order valence-electron chi connectivity index (χ2n) is 4.38. The molecule has 110 valence electrons. The maximum Gasteiger partial charge on any atom is 0.270 e. The number of thiocarbonyl (C=S) groups is 1. The molecule has 1 aromatic heterocycles. The Bertz CT molecular complexity index is 664. The Kier molecular flexibility index (Phi) is 4.98. The molecule has 0 aliphatic rings. The average molecular weight is 323 g/mol. The molecule has 0 saturated carbocycles. The van der Waals surface area contributed by atoms with Crippen molar-refractivity contribution in [2.24, 2.45) is 0 Å². The molecular weight excluding hydrogens is 308 g/mol. The van der Waals surface area contributed by atoms with Gasteiger partial charge < -0.3 is 9.47 Å². The summed E-state index contributed by atoms with van der Waals surface area (Å²) in [6, 6.07) is 10.8. The summed E-state index contributed by atoms with van der Waals surface area (Å²) < 4.78 is 10.8. The molecule has 0 fully saturated rings. The predicted octanol–water partition coefficient (Wildman–Crippen LogP) is 3.85. The number of methoxy groups -OCH3 is 1. The molecule has 0 bridgehead atoms. The Morgan fingerprint density at radius 1 is 1.29 bits per heavy atom. The number of pyridine rings is 1. The summed E-state index contributed by atoms with van der Waals surface area (Å²) >= 11 is 11.3. The first kappa shape index (κ1) is 15.5. The van der Waals surface area contributed by atoms with E-state index in [0.717, 1.165) is 5.56 Å². The van der Waals surface area contributed by atoms with Crippen LogP contribution in [0.4, 0.5) is 5.82 Å². The maximum atomic E-state index is 5.99. The third-order valence-electron chi connectivity index (χ3n) is 2.87. The summed E-state index contributed by atoms with van der Waals surface area (Å²) in [5.41, 5.74) is 0.930. The molecule has 1 heterocycles. The van der Waals surface area contributed by atoms with Crippen LogP contribution in [0.15, 0.2) is 36.4 Å². The van der Waals surface area contributed by atoms with Crippen molar-refractivity contribution in [1.82, 2.24) is 4.98 Å². The highest BCUT2D eigenvalue weighted by Gasteiger charge is 2.12. The van der Waals surface area contributed by atoms with Gasteiger partial charge in [0, 0.05) is 18.1 Å². The number of ether oxygens (including phenoxy) is 2. The van der Waals surface area contributed by atoms with Crippen LogP contribution in [0, 0.1) is 6.92 Å². The summed E-state index contributed by atoms with van der Waals surface area (Å²) in [4.78, 5) is 5.97. The van der Waals surface area contributed by atoms with Gasteiger partial charge in [-0.25, -0.2) is 0 Å². The van der Waals surface area contributed by atoms with Crippen LogP contribution in [0.3, 0.4) is 0 Å². The largest absolute Gasteiger partial charge is 0.481 e. The normalized spacial score (nSPS) is 10.1. The Hall–Kier alpha value is -1.85. The molecule has 0 spiro atoms. The van der Waals surface area contributed by atoms with Gasteiger partial charge in [-0.15, -0.1) is 0 Å². The predicted molar refractivity (Wildman–Crippen MR) is 88.6 cm³/mol. The number of aromatic nitrogens is 1. The molecule has 0 aliphatic heterocycles. The van der Waals surface area contributed by atoms with E-state index in [4.69, 9.17) is 33.3 Å². The molecule has 2 rings (SSSR count). The van der Waals surface area contributed by atoms with Crippen molar-refractivity contribution >= 4 is 34.8 Å². The van der Waals surface area contributed by atoms with E-state index < -0.39 is 0 Å². The maximum absolute atomic E-state index is 5.99. The molecule has 0 amide bonds. The lowest BCUT2D eigenvalue weighted by molar-refractivity contribution is 0.398. The van der Waals surface area contributed by atoms with Gasteiger partial charge in [0.2, 0.25) is 5.88 Å². The van der Waals surface area contributed by atoms with E-state index in [1.54, 1.807) is 37.3 Å². The van der Waals surface area contributed by atoms with E-state index in [0.29, 0.717) is 22.5 Å². The summed E-state index contributed by atoms with van der Waals surface area (Å²) in [5, 5.41) is 0.980. The molecule has 0 saturated heterocycles. The average Bonchev–Trinajstić information content (AvgIpc) is 2.50. The number of halogens is 1. The van der Waals surface area contributed by atoms with Gasteiger partial charge in [0.05, 0.1) is 7.11 Å². The molecule has 21 heavy (non-hydrogen) atoms. The second kappa shape index (κ2) is 6.74. The van der Waals surface area contributed by atoms with Crippen LogP contribution in [-0.2, 0) is 0 Å². The van der Waals surface area contributed by atoms with Crippen molar-refractivity contribution in [3.05, 3.63) is 47.0 Å². The Morgan fingerprint density at radius 3 is 2.71 bits per heavy atom. The van der Waals surface area contributed by atoms with Crippen LogP contribution < -0.4 is 14.4 Å². The van der Waals surface area contributed by atoms with Gasteiger partial charge in [0.15, 0.2) is 0 Å². The first-order valence-corrected chi connectivity index (χ1v) is 7.02. The number of nitrogens with zero attached hydrogens (tertiary/aromatic N) is 2. The standard InChI is InChI=1S/C15H15ClN2O2S/c1-10-9-11(7-8-12(10)16)20-15(21)18(2)13-5-4-6-14(17-13)19-3/h4-9H,1-3H3. The number of hydrogen-bond donors (Lipinski definition) is 0. The van der Waals surface area contributed by atoms with E-state index in [1.165, 1.54) is 0 Å². The quantitative estimate of drug-likeness (QED) is 0.802. The Labute approximate surface area is 134 Å². The minimum Gasteiger partial charge on any atom is -0.481 e. The highest BCUT2D eigenvalue weighted by atomic mass is 35.5. The zero-order chi connectivity index (χ0) is 15.4. The van der Waals surface area contributed by atoms with E-state index in [1.807, 2.05) is 25.1 Å². The van der Waals surface area contributed by atoms with Crippen molar-refractivity contribution in [3.63, 3.8) is 0 Å². The Morgan fingerprint density at radius 2 is 2.05 bits per heavy atom. The van der Waals surface area contributed by atoms with Crippen molar-refractivity contribution in [2.75, 3.05) is 19.1 Å². The van der Waals surface area contributed by atoms with Gasteiger partial charge >= 0.3 is 0 Å². The minimum atomic E-state index is 0.289. The summed E-state index contributed by atoms with van der Waals surface area (Å²) in [7, 11) is 3.35. The van der Waals surface area contributed by atoms with Gasteiger partial charge in [0.1, 0.15) is 11.6 Å². The van der Waals surface area contributed by atoms with Crippen LogP contribution in [0.1, 0.15) is 5.56 Å². The molecule has 0 atom stereocenters. The molecule has 6 heteroatoms. The number of hydrogen-bond acceptors (Lipinski definition) is 4. The first-order chi connectivity index (χ1) is 10.0. The highest BCUT2D eigenvalue weighted by Crippen LogP contribution is 2.22. The number of benzene rings is 1. The van der Waals surface area contributed by atoms with E-state index in [9.17, 15) is 0 Å². The van der Waals surface area contributed by atoms with Crippen molar-refractivity contribution in [1.29, 1.82) is 0 Å². The highest BCUT2D eigenvalue weighted by molar-refractivity contribution is 7.80. The number of aryl methyl sites for hydroxylation is 1. The lowest BCUT2D eigenvalue weighted by atomic mass is 10.2. The summed E-state index contributed by atoms with van der Waals surface area (Å²) in [5.74, 6) is 1.80. The van der Waals surface area contributed by atoms with E-state index >= 15 is 0 Å². The fourth-order valence-electron chi connectivity index (χ4n) is 1.65. The van der Waals surface area contributed by atoms with Crippen molar-refractivity contribution in [3.8, 4) is 11.6 Å². The lowest BCUT2D eigenvalue weighted by Crippen LogP contribution is -2.29. The smallest absolute Gasteiger partial charge is 0.270 e. The molecule has 1 aromatic carbocycles. The molecule has 0 unspecified atom stereocenters. The van der Waals surface area contributed by atoms with Crippen LogP contribution in [-0.4, -0.2) is 24.3 Å². The summed E-state index contributed by atoms with van der Waals surface area (Å²) in [6.07, 6.45) is 0. The van der Waals surface area contributed by atoms with Gasteiger partial charge in [-0.05, 0) is 49.0 Å². The van der Waals surface area contributed by atoms with Crippen LogP contribution in [0.25, 0.3) is 0 Å². The fourth-order valence-corrected chi connectivity index (χ4v) is 1.96. The van der Waals surface area contributed by atoms with Gasteiger partial charge in [0.25, 0.3) is 5.17 Å².